The molecule has 0 aromatic heterocycles. The molecule has 0 spiro atoms. The van der Waals surface area contributed by atoms with Crippen LogP contribution in [0.4, 0.5) is 0 Å². The fourth-order valence-corrected chi connectivity index (χ4v) is 3.28. The second-order valence-electron chi connectivity index (χ2n) is 8.22. The van der Waals surface area contributed by atoms with Crippen LogP contribution < -0.4 is 0 Å². The molecule has 0 saturated heterocycles. The number of carbonyl (C=O) groups is 1. The van der Waals surface area contributed by atoms with Crippen LogP contribution >= 0.6 is 0 Å². The first-order valence-electron chi connectivity index (χ1n) is 8.74. The SMILES string of the molecule is CC(C)=CCCC1(C)CC1CN(CC1CC1)C(=O)C(C)C. The summed E-state index contributed by atoms with van der Waals surface area (Å²) in [5.74, 6) is 2.02. The van der Waals surface area contributed by atoms with Crippen molar-refractivity contribution < 1.29 is 4.79 Å². The van der Waals surface area contributed by atoms with Crippen LogP contribution in [-0.2, 0) is 4.79 Å². The molecule has 2 aliphatic rings. The van der Waals surface area contributed by atoms with Gasteiger partial charge in [-0.05, 0) is 63.2 Å². The van der Waals surface area contributed by atoms with E-state index in [4.69, 9.17) is 0 Å². The molecule has 2 saturated carbocycles. The lowest BCUT2D eigenvalue weighted by molar-refractivity contribution is -0.135. The maximum atomic E-state index is 12.4. The highest BCUT2D eigenvalue weighted by Crippen LogP contribution is 2.56. The number of nitrogens with zero attached hydrogens (tertiary/aromatic N) is 1. The normalized spacial score (nSPS) is 27.6. The van der Waals surface area contributed by atoms with Gasteiger partial charge in [0.15, 0.2) is 0 Å². The van der Waals surface area contributed by atoms with Gasteiger partial charge in [0.05, 0.1) is 0 Å². The number of hydrogen-bond acceptors (Lipinski definition) is 1. The van der Waals surface area contributed by atoms with Crippen molar-refractivity contribution in [3.8, 4) is 0 Å². The summed E-state index contributed by atoms with van der Waals surface area (Å²) in [6.45, 7) is 12.8. The molecule has 2 unspecified atom stereocenters. The summed E-state index contributed by atoms with van der Waals surface area (Å²) in [5, 5.41) is 0. The molecule has 0 N–H and O–H groups in total. The molecule has 2 rings (SSSR count). The van der Waals surface area contributed by atoms with Crippen molar-refractivity contribution in [3.63, 3.8) is 0 Å². The van der Waals surface area contributed by atoms with E-state index in [9.17, 15) is 4.79 Å². The highest BCUT2D eigenvalue weighted by molar-refractivity contribution is 5.78. The monoisotopic (exact) mass is 291 g/mol. The summed E-state index contributed by atoms with van der Waals surface area (Å²) in [4.78, 5) is 14.6. The molecule has 0 heterocycles. The maximum Gasteiger partial charge on any atom is 0.225 e. The summed E-state index contributed by atoms with van der Waals surface area (Å²) in [6.07, 6.45) is 8.76. The van der Waals surface area contributed by atoms with E-state index in [0.29, 0.717) is 11.3 Å². The minimum atomic E-state index is 0.138. The lowest BCUT2D eigenvalue weighted by Crippen LogP contribution is -2.38. The van der Waals surface area contributed by atoms with Crippen molar-refractivity contribution in [2.75, 3.05) is 13.1 Å². The van der Waals surface area contributed by atoms with E-state index in [1.165, 1.54) is 37.7 Å². The van der Waals surface area contributed by atoms with E-state index in [1.807, 2.05) is 13.8 Å². The van der Waals surface area contributed by atoms with Crippen molar-refractivity contribution in [2.24, 2.45) is 23.2 Å². The second-order valence-corrected chi connectivity index (χ2v) is 8.22. The minimum Gasteiger partial charge on any atom is -0.342 e. The topological polar surface area (TPSA) is 20.3 Å². The highest BCUT2D eigenvalue weighted by atomic mass is 16.2. The Morgan fingerprint density at radius 3 is 2.48 bits per heavy atom. The molecule has 2 nitrogen and oxygen atoms in total. The molecule has 0 aromatic rings. The van der Waals surface area contributed by atoms with E-state index < -0.39 is 0 Å². The zero-order valence-electron chi connectivity index (χ0n) is 14.6. The van der Waals surface area contributed by atoms with Gasteiger partial charge in [-0.2, -0.15) is 0 Å². The second kappa shape index (κ2) is 6.54. The van der Waals surface area contributed by atoms with Crippen LogP contribution in [0.5, 0.6) is 0 Å². The predicted molar refractivity (Wildman–Crippen MR) is 89.0 cm³/mol. The largest absolute Gasteiger partial charge is 0.342 e. The van der Waals surface area contributed by atoms with Gasteiger partial charge in [0, 0.05) is 19.0 Å². The van der Waals surface area contributed by atoms with Crippen molar-refractivity contribution in [1.29, 1.82) is 0 Å². The van der Waals surface area contributed by atoms with Gasteiger partial charge in [0.25, 0.3) is 0 Å². The third-order valence-corrected chi connectivity index (χ3v) is 5.23. The number of amides is 1. The maximum absolute atomic E-state index is 12.4. The Morgan fingerprint density at radius 2 is 1.95 bits per heavy atom. The van der Waals surface area contributed by atoms with Crippen LogP contribution in [0.1, 0.15) is 66.7 Å². The van der Waals surface area contributed by atoms with Gasteiger partial charge in [-0.25, -0.2) is 0 Å². The van der Waals surface area contributed by atoms with Gasteiger partial charge in [0.2, 0.25) is 5.91 Å². The van der Waals surface area contributed by atoms with E-state index in [1.54, 1.807) is 0 Å². The summed E-state index contributed by atoms with van der Waals surface area (Å²) in [7, 11) is 0. The van der Waals surface area contributed by atoms with Gasteiger partial charge in [-0.15, -0.1) is 0 Å². The molecule has 120 valence electrons. The average Bonchev–Trinajstić information content (AvgIpc) is 3.28. The Balaban J connectivity index is 1.83. The minimum absolute atomic E-state index is 0.138. The van der Waals surface area contributed by atoms with E-state index in [2.05, 4.69) is 31.7 Å². The quantitative estimate of drug-likeness (QED) is 0.596. The standard InChI is InChI=1S/C19H33NO/c1-14(2)7-6-10-19(5)11-17(19)13-20(12-16-8-9-16)18(21)15(3)4/h7,15-17H,6,8-13H2,1-5H3. The van der Waals surface area contributed by atoms with Gasteiger partial charge < -0.3 is 4.90 Å². The van der Waals surface area contributed by atoms with Gasteiger partial charge in [0.1, 0.15) is 0 Å². The number of rotatable bonds is 8. The molecule has 0 bridgehead atoms. The third-order valence-electron chi connectivity index (χ3n) is 5.23. The molecule has 2 fully saturated rings. The molecular weight excluding hydrogens is 258 g/mol. The number of allylic oxidation sites excluding steroid dienone is 2. The molecule has 0 aromatic carbocycles. The molecular formula is C19H33NO. The van der Waals surface area contributed by atoms with Crippen LogP contribution in [0.15, 0.2) is 11.6 Å². The summed E-state index contributed by atoms with van der Waals surface area (Å²) >= 11 is 0. The summed E-state index contributed by atoms with van der Waals surface area (Å²) in [6, 6.07) is 0. The van der Waals surface area contributed by atoms with Crippen molar-refractivity contribution in [3.05, 3.63) is 11.6 Å². The first-order valence-corrected chi connectivity index (χ1v) is 8.74. The van der Waals surface area contributed by atoms with Gasteiger partial charge in [-0.1, -0.05) is 32.4 Å². The van der Waals surface area contributed by atoms with Crippen LogP contribution in [0.3, 0.4) is 0 Å². The smallest absolute Gasteiger partial charge is 0.225 e. The Morgan fingerprint density at radius 1 is 1.29 bits per heavy atom. The first kappa shape index (κ1) is 16.6. The highest BCUT2D eigenvalue weighted by Gasteiger charge is 2.50. The zero-order valence-corrected chi connectivity index (χ0v) is 14.6. The lowest BCUT2D eigenvalue weighted by atomic mass is 9.98. The Bertz CT molecular complexity index is 404. The van der Waals surface area contributed by atoms with E-state index >= 15 is 0 Å². The van der Waals surface area contributed by atoms with Gasteiger partial charge >= 0.3 is 0 Å². The molecule has 0 radical (unpaired) electrons. The first-order chi connectivity index (χ1) is 9.82. The summed E-state index contributed by atoms with van der Waals surface area (Å²) in [5.41, 5.74) is 1.89. The zero-order chi connectivity index (χ0) is 15.6. The molecule has 0 aliphatic heterocycles. The summed E-state index contributed by atoms with van der Waals surface area (Å²) < 4.78 is 0. The number of carbonyl (C=O) groups excluding carboxylic acids is 1. The van der Waals surface area contributed by atoms with Crippen LogP contribution in [0, 0.1) is 23.2 Å². The van der Waals surface area contributed by atoms with Crippen LogP contribution in [0.25, 0.3) is 0 Å². The Hall–Kier alpha value is -0.790. The Labute approximate surface area is 131 Å². The fraction of sp³-hybridized carbons (Fsp3) is 0.842. The fourth-order valence-electron chi connectivity index (χ4n) is 3.28. The lowest BCUT2D eigenvalue weighted by Gasteiger charge is -2.26. The molecule has 2 heteroatoms. The van der Waals surface area contributed by atoms with Crippen molar-refractivity contribution in [2.45, 2.75) is 66.7 Å². The van der Waals surface area contributed by atoms with E-state index in [0.717, 1.165) is 24.9 Å². The van der Waals surface area contributed by atoms with Crippen LogP contribution in [-0.4, -0.2) is 23.9 Å². The van der Waals surface area contributed by atoms with Gasteiger partial charge in [-0.3, -0.25) is 4.79 Å². The van der Waals surface area contributed by atoms with E-state index in [-0.39, 0.29) is 5.92 Å². The molecule has 1 amide bonds. The predicted octanol–water partition coefficient (Wildman–Crippen LogP) is 4.65. The average molecular weight is 291 g/mol. The Kier molecular flexibility index (Phi) is 5.16. The molecule has 21 heavy (non-hydrogen) atoms. The van der Waals surface area contributed by atoms with Crippen LogP contribution in [0.2, 0.25) is 0 Å². The molecule has 2 aliphatic carbocycles. The van der Waals surface area contributed by atoms with Crippen molar-refractivity contribution in [1.82, 2.24) is 4.90 Å². The molecule has 2 atom stereocenters. The third kappa shape index (κ3) is 4.86. The number of hydrogen-bond donors (Lipinski definition) is 0. The van der Waals surface area contributed by atoms with Crippen molar-refractivity contribution >= 4 is 5.91 Å².